The minimum absolute atomic E-state index is 0.232. The first-order valence-corrected chi connectivity index (χ1v) is 7.79. The summed E-state index contributed by atoms with van der Waals surface area (Å²) in [5.74, 6) is -0.500. The zero-order valence-corrected chi connectivity index (χ0v) is 13.5. The first kappa shape index (κ1) is 16.0. The maximum absolute atomic E-state index is 12.8. The molecule has 3 nitrogen and oxygen atoms in total. The number of anilines is 1. The van der Waals surface area contributed by atoms with Crippen LogP contribution >= 0.6 is 11.6 Å². The van der Waals surface area contributed by atoms with Crippen molar-refractivity contribution < 1.29 is 9.59 Å². The molecule has 0 spiro atoms. The second kappa shape index (κ2) is 7.11. The van der Waals surface area contributed by atoms with Crippen LogP contribution in [0.5, 0.6) is 0 Å². The van der Waals surface area contributed by atoms with E-state index in [1.54, 1.807) is 72.8 Å². The van der Waals surface area contributed by atoms with Crippen LogP contribution in [0.4, 0.5) is 5.69 Å². The summed E-state index contributed by atoms with van der Waals surface area (Å²) in [6.07, 6.45) is 0. The first-order valence-electron chi connectivity index (χ1n) is 7.41. The highest BCUT2D eigenvalue weighted by molar-refractivity contribution is 6.35. The van der Waals surface area contributed by atoms with Gasteiger partial charge in [0.15, 0.2) is 5.78 Å². The molecule has 0 heterocycles. The number of para-hydroxylation sites is 1. The molecule has 0 saturated carbocycles. The third-order valence-electron chi connectivity index (χ3n) is 3.57. The van der Waals surface area contributed by atoms with E-state index < -0.39 is 0 Å². The van der Waals surface area contributed by atoms with Crippen LogP contribution in [-0.4, -0.2) is 11.7 Å². The van der Waals surface area contributed by atoms with Gasteiger partial charge in [-0.1, -0.05) is 54.1 Å². The van der Waals surface area contributed by atoms with Crippen LogP contribution in [0.1, 0.15) is 26.3 Å². The fourth-order valence-corrected chi connectivity index (χ4v) is 2.59. The predicted molar refractivity (Wildman–Crippen MR) is 95.7 cm³/mol. The Morgan fingerprint density at radius 3 is 2.00 bits per heavy atom. The molecule has 0 bridgehead atoms. The van der Waals surface area contributed by atoms with E-state index in [9.17, 15) is 9.59 Å². The number of ketones is 1. The second-order valence-electron chi connectivity index (χ2n) is 5.17. The van der Waals surface area contributed by atoms with Crippen LogP contribution < -0.4 is 5.32 Å². The second-order valence-corrected chi connectivity index (χ2v) is 5.58. The van der Waals surface area contributed by atoms with Crippen molar-refractivity contribution in [2.24, 2.45) is 0 Å². The highest BCUT2D eigenvalue weighted by atomic mass is 35.5. The lowest BCUT2D eigenvalue weighted by molar-refractivity contribution is 0.102. The summed E-state index contributed by atoms with van der Waals surface area (Å²) >= 11 is 6.11. The largest absolute Gasteiger partial charge is 0.321 e. The van der Waals surface area contributed by atoms with Crippen molar-refractivity contribution in [1.82, 2.24) is 0 Å². The molecule has 0 atom stereocenters. The van der Waals surface area contributed by atoms with Gasteiger partial charge in [-0.2, -0.15) is 0 Å². The molecule has 0 saturated heterocycles. The fraction of sp³-hybridized carbons (Fsp3) is 0. The number of rotatable bonds is 4. The van der Waals surface area contributed by atoms with Gasteiger partial charge >= 0.3 is 0 Å². The SMILES string of the molecule is O=C(Nc1ccccc1C(=O)c1ccccc1Cl)c1ccccc1. The Kier molecular flexibility index (Phi) is 4.73. The number of amides is 1. The monoisotopic (exact) mass is 335 g/mol. The maximum Gasteiger partial charge on any atom is 0.255 e. The topological polar surface area (TPSA) is 46.2 Å². The van der Waals surface area contributed by atoms with Gasteiger partial charge < -0.3 is 5.32 Å². The van der Waals surface area contributed by atoms with E-state index in [4.69, 9.17) is 11.6 Å². The lowest BCUT2D eigenvalue weighted by Gasteiger charge is -2.11. The average molecular weight is 336 g/mol. The molecule has 0 unspecified atom stereocenters. The highest BCUT2D eigenvalue weighted by Gasteiger charge is 2.17. The number of carbonyl (C=O) groups excluding carboxylic acids is 2. The van der Waals surface area contributed by atoms with Gasteiger partial charge in [0.25, 0.3) is 5.91 Å². The molecule has 24 heavy (non-hydrogen) atoms. The lowest BCUT2D eigenvalue weighted by atomic mass is 10.0. The molecular weight excluding hydrogens is 322 g/mol. The van der Waals surface area contributed by atoms with E-state index in [-0.39, 0.29) is 11.7 Å². The van der Waals surface area contributed by atoms with Crippen LogP contribution in [0, 0.1) is 0 Å². The molecule has 3 rings (SSSR count). The summed E-state index contributed by atoms with van der Waals surface area (Å²) in [5.41, 5.74) is 1.78. The number of carbonyl (C=O) groups is 2. The zero-order chi connectivity index (χ0) is 16.9. The Morgan fingerprint density at radius 2 is 1.29 bits per heavy atom. The van der Waals surface area contributed by atoms with Gasteiger partial charge in [0.2, 0.25) is 0 Å². The highest BCUT2D eigenvalue weighted by Crippen LogP contribution is 2.24. The van der Waals surface area contributed by atoms with E-state index >= 15 is 0 Å². The molecule has 0 radical (unpaired) electrons. The van der Waals surface area contributed by atoms with Crippen molar-refractivity contribution in [2.45, 2.75) is 0 Å². The fourth-order valence-electron chi connectivity index (χ4n) is 2.36. The zero-order valence-electron chi connectivity index (χ0n) is 12.7. The van der Waals surface area contributed by atoms with Crippen molar-refractivity contribution in [1.29, 1.82) is 0 Å². The Hall–Kier alpha value is -2.91. The molecule has 3 aromatic rings. The number of hydrogen-bond donors (Lipinski definition) is 1. The van der Waals surface area contributed by atoms with E-state index in [0.717, 1.165) is 0 Å². The molecule has 0 aromatic heterocycles. The third-order valence-corrected chi connectivity index (χ3v) is 3.90. The third kappa shape index (κ3) is 3.36. The molecule has 0 fully saturated rings. The quantitative estimate of drug-likeness (QED) is 0.694. The molecule has 1 N–H and O–H groups in total. The van der Waals surface area contributed by atoms with Crippen molar-refractivity contribution in [3.63, 3.8) is 0 Å². The Bertz CT molecular complexity index is 891. The van der Waals surface area contributed by atoms with Crippen LogP contribution in [-0.2, 0) is 0 Å². The Labute approximate surface area is 144 Å². The Balaban J connectivity index is 1.93. The van der Waals surface area contributed by atoms with Gasteiger partial charge in [-0.3, -0.25) is 9.59 Å². The van der Waals surface area contributed by atoms with Crippen molar-refractivity contribution in [2.75, 3.05) is 5.32 Å². The smallest absolute Gasteiger partial charge is 0.255 e. The van der Waals surface area contributed by atoms with Crippen LogP contribution in [0.2, 0.25) is 5.02 Å². The molecule has 0 aliphatic carbocycles. The average Bonchev–Trinajstić information content (AvgIpc) is 2.63. The van der Waals surface area contributed by atoms with Crippen LogP contribution in [0.3, 0.4) is 0 Å². The summed E-state index contributed by atoms with van der Waals surface area (Å²) in [6, 6.07) is 22.6. The number of halogens is 1. The summed E-state index contributed by atoms with van der Waals surface area (Å²) < 4.78 is 0. The summed E-state index contributed by atoms with van der Waals surface area (Å²) in [6.45, 7) is 0. The number of benzene rings is 3. The van der Waals surface area contributed by atoms with E-state index in [1.165, 1.54) is 0 Å². The van der Waals surface area contributed by atoms with Gasteiger partial charge in [0.1, 0.15) is 0 Å². The maximum atomic E-state index is 12.8. The molecule has 118 valence electrons. The van der Waals surface area contributed by atoms with Crippen LogP contribution in [0.25, 0.3) is 0 Å². The van der Waals surface area contributed by atoms with Gasteiger partial charge in [0, 0.05) is 16.7 Å². The molecule has 1 amide bonds. The van der Waals surface area contributed by atoms with Gasteiger partial charge in [-0.05, 0) is 36.4 Å². The molecular formula is C20H14ClNO2. The van der Waals surface area contributed by atoms with Crippen molar-refractivity contribution in [3.8, 4) is 0 Å². The Morgan fingerprint density at radius 1 is 0.708 bits per heavy atom. The summed E-state index contributed by atoms with van der Waals surface area (Å²) in [7, 11) is 0. The van der Waals surface area contributed by atoms with Gasteiger partial charge in [-0.15, -0.1) is 0 Å². The van der Waals surface area contributed by atoms with Gasteiger partial charge in [-0.25, -0.2) is 0 Å². The molecule has 4 heteroatoms. The number of nitrogens with one attached hydrogen (secondary N) is 1. The van der Waals surface area contributed by atoms with Gasteiger partial charge in [0.05, 0.1) is 10.7 Å². The number of hydrogen-bond acceptors (Lipinski definition) is 2. The van der Waals surface area contributed by atoms with Crippen molar-refractivity contribution >= 4 is 29.0 Å². The molecule has 0 aliphatic rings. The summed E-state index contributed by atoms with van der Waals surface area (Å²) in [4.78, 5) is 25.1. The summed E-state index contributed by atoms with van der Waals surface area (Å²) in [5, 5.41) is 3.18. The van der Waals surface area contributed by atoms with Crippen LogP contribution in [0.15, 0.2) is 78.9 Å². The standard InChI is InChI=1S/C20H14ClNO2/c21-17-12-6-4-10-15(17)19(23)16-11-5-7-13-18(16)22-20(24)14-8-2-1-3-9-14/h1-13H,(H,22,24). The molecule has 3 aromatic carbocycles. The predicted octanol–water partition coefficient (Wildman–Crippen LogP) is 4.82. The minimum atomic E-state index is -0.269. The normalized spacial score (nSPS) is 10.2. The van der Waals surface area contributed by atoms with E-state index in [0.29, 0.717) is 27.4 Å². The molecule has 0 aliphatic heterocycles. The minimum Gasteiger partial charge on any atom is -0.321 e. The first-order chi connectivity index (χ1) is 11.7. The van der Waals surface area contributed by atoms with Crippen molar-refractivity contribution in [3.05, 3.63) is 101 Å². The van der Waals surface area contributed by atoms with E-state index in [2.05, 4.69) is 5.32 Å². The lowest BCUT2D eigenvalue weighted by Crippen LogP contribution is -2.15. The van der Waals surface area contributed by atoms with E-state index in [1.807, 2.05) is 6.07 Å².